The Morgan fingerprint density at radius 3 is 2.58 bits per heavy atom. The molecule has 0 aliphatic carbocycles. The van der Waals surface area contributed by atoms with Gasteiger partial charge in [0, 0.05) is 35.5 Å². The first-order chi connectivity index (χ1) is 14.8. The molecule has 0 saturated carbocycles. The van der Waals surface area contributed by atoms with Crippen LogP contribution in [0.5, 0.6) is 11.6 Å². The minimum absolute atomic E-state index is 0.0122. The van der Waals surface area contributed by atoms with Crippen LogP contribution in [-0.2, 0) is 24.1 Å². The van der Waals surface area contributed by atoms with Crippen molar-refractivity contribution in [3.63, 3.8) is 0 Å². The van der Waals surface area contributed by atoms with E-state index in [-0.39, 0.29) is 24.5 Å². The maximum absolute atomic E-state index is 12.6. The first-order valence-electron chi connectivity index (χ1n) is 8.78. The third-order valence-corrected chi connectivity index (χ3v) is 4.01. The van der Waals surface area contributed by atoms with Crippen LogP contribution in [0.4, 0.5) is 18.0 Å². The summed E-state index contributed by atoms with van der Waals surface area (Å²) in [6.45, 7) is 0.0709. The van der Waals surface area contributed by atoms with Gasteiger partial charge >= 0.3 is 18.2 Å². The van der Waals surface area contributed by atoms with Gasteiger partial charge in [-0.25, -0.2) is 9.78 Å². The summed E-state index contributed by atoms with van der Waals surface area (Å²) in [4.78, 5) is 19.3. The van der Waals surface area contributed by atoms with Crippen LogP contribution in [-0.4, -0.2) is 35.4 Å². The standard InChI is InChI=1S/C19H17F3N4O5/c1-28-14-7-12(16-25-17(31-26-16)19(20,21)22)4-5-13(14)9-24-18(27)30-10-11-3-6-15(29-2)23-8-11/h3-8H,9-10H2,1-2H3,(H,24,27). The second-order valence-corrected chi connectivity index (χ2v) is 6.09. The monoisotopic (exact) mass is 438 g/mol. The highest BCUT2D eigenvalue weighted by Gasteiger charge is 2.38. The number of halogens is 3. The number of hydrogen-bond donors (Lipinski definition) is 1. The molecule has 2 aromatic heterocycles. The molecule has 12 heteroatoms. The molecule has 0 bridgehead atoms. The van der Waals surface area contributed by atoms with E-state index in [0.717, 1.165) is 0 Å². The van der Waals surface area contributed by atoms with Crippen LogP contribution < -0.4 is 14.8 Å². The van der Waals surface area contributed by atoms with Gasteiger partial charge < -0.3 is 24.1 Å². The van der Waals surface area contributed by atoms with E-state index >= 15 is 0 Å². The Kier molecular flexibility index (Phi) is 6.58. The van der Waals surface area contributed by atoms with Crippen molar-refractivity contribution in [2.45, 2.75) is 19.3 Å². The predicted molar refractivity (Wildman–Crippen MR) is 99.1 cm³/mol. The topological polar surface area (TPSA) is 109 Å². The lowest BCUT2D eigenvalue weighted by Gasteiger charge is -2.11. The largest absolute Gasteiger partial charge is 0.496 e. The molecule has 0 fully saturated rings. The molecule has 164 valence electrons. The van der Waals surface area contributed by atoms with Crippen molar-refractivity contribution >= 4 is 6.09 Å². The van der Waals surface area contributed by atoms with E-state index < -0.39 is 18.2 Å². The van der Waals surface area contributed by atoms with Crippen LogP contribution in [0.15, 0.2) is 41.1 Å². The fraction of sp³-hybridized carbons (Fsp3) is 0.263. The summed E-state index contributed by atoms with van der Waals surface area (Å²) in [5, 5.41) is 5.90. The number of ether oxygens (including phenoxy) is 3. The van der Waals surface area contributed by atoms with Crippen LogP contribution in [0, 0.1) is 0 Å². The van der Waals surface area contributed by atoms with Gasteiger partial charge in [-0.3, -0.25) is 0 Å². The van der Waals surface area contributed by atoms with E-state index in [1.807, 2.05) is 0 Å². The van der Waals surface area contributed by atoms with Crippen molar-refractivity contribution in [2.24, 2.45) is 0 Å². The van der Waals surface area contributed by atoms with Gasteiger partial charge in [0.05, 0.1) is 14.2 Å². The minimum Gasteiger partial charge on any atom is -0.496 e. The molecule has 0 aliphatic heterocycles. The summed E-state index contributed by atoms with van der Waals surface area (Å²) in [5.41, 5.74) is 1.50. The van der Waals surface area contributed by atoms with Crippen molar-refractivity contribution in [1.29, 1.82) is 0 Å². The molecule has 1 amide bonds. The molecular weight excluding hydrogens is 421 g/mol. The summed E-state index contributed by atoms with van der Waals surface area (Å²) >= 11 is 0. The van der Waals surface area contributed by atoms with Crippen LogP contribution >= 0.6 is 0 Å². The number of rotatable bonds is 7. The van der Waals surface area contributed by atoms with Gasteiger partial charge in [-0.2, -0.15) is 18.2 Å². The number of aromatic nitrogens is 3. The number of pyridine rings is 1. The van der Waals surface area contributed by atoms with Crippen LogP contribution in [0.25, 0.3) is 11.4 Å². The Morgan fingerprint density at radius 2 is 1.97 bits per heavy atom. The van der Waals surface area contributed by atoms with E-state index in [1.54, 1.807) is 18.2 Å². The van der Waals surface area contributed by atoms with Crippen LogP contribution in [0.2, 0.25) is 0 Å². The van der Waals surface area contributed by atoms with Crippen molar-refractivity contribution in [3.05, 3.63) is 53.5 Å². The number of hydrogen-bond acceptors (Lipinski definition) is 8. The van der Waals surface area contributed by atoms with E-state index in [2.05, 4.69) is 25.0 Å². The van der Waals surface area contributed by atoms with E-state index in [9.17, 15) is 18.0 Å². The number of nitrogens with zero attached hydrogens (tertiary/aromatic N) is 3. The number of nitrogens with one attached hydrogen (secondary N) is 1. The molecule has 3 aromatic rings. The molecule has 1 aromatic carbocycles. The Balaban J connectivity index is 1.59. The SMILES string of the molecule is COc1ccc(COC(=O)NCc2ccc(-c3noc(C(F)(F)F)n3)cc2OC)cn1. The molecule has 0 atom stereocenters. The van der Waals surface area contributed by atoms with Crippen molar-refractivity contribution < 1.29 is 36.7 Å². The number of methoxy groups -OCH3 is 2. The number of alkyl carbamates (subject to hydrolysis) is 1. The smallest absolute Gasteiger partial charge is 0.471 e. The first-order valence-corrected chi connectivity index (χ1v) is 8.78. The summed E-state index contributed by atoms with van der Waals surface area (Å²) in [5.74, 6) is -0.922. The molecule has 0 spiro atoms. The van der Waals surface area contributed by atoms with Gasteiger partial charge in [-0.1, -0.05) is 17.3 Å². The average Bonchev–Trinajstić information content (AvgIpc) is 3.27. The Labute approximate surface area is 174 Å². The van der Waals surface area contributed by atoms with Gasteiger partial charge in [0.1, 0.15) is 12.4 Å². The molecule has 9 nitrogen and oxygen atoms in total. The van der Waals surface area contributed by atoms with E-state index in [1.165, 1.54) is 32.5 Å². The van der Waals surface area contributed by atoms with Gasteiger partial charge in [-0.05, 0) is 12.1 Å². The zero-order chi connectivity index (χ0) is 22.4. The normalized spacial score (nSPS) is 11.1. The summed E-state index contributed by atoms with van der Waals surface area (Å²) < 4.78 is 57.4. The van der Waals surface area contributed by atoms with Gasteiger partial charge in [0.2, 0.25) is 11.7 Å². The molecule has 3 rings (SSSR count). The first kappa shape index (κ1) is 21.9. The molecule has 2 heterocycles. The van der Waals surface area contributed by atoms with E-state index in [4.69, 9.17) is 14.2 Å². The Hall–Kier alpha value is -3.83. The predicted octanol–water partition coefficient (Wildman–Crippen LogP) is 3.59. The van der Waals surface area contributed by atoms with Crippen molar-refractivity contribution in [1.82, 2.24) is 20.4 Å². The fourth-order valence-corrected chi connectivity index (χ4v) is 2.47. The molecule has 1 N–H and O–H groups in total. The molecular formula is C19H17F3N4O5. The highest BCUT2D eigenvalue weighted by molar-refractivity contribution is 5.67. The lowest BCUT2D eigenvalue weighted by molar-refractivity contribution is -0.159. The fourth-order valence-electron chi connectivity index (χ4n) is 2.47. The summed E-state index contributed by atoms with van der Waals surface area (Å²) in [6, 6.07) is 7.84. The molecule has 0 aliphatic rings. The summed E-state index contributed by atoms with van der Waals surface area (Å²) in [6.07, 6.45) is -3.88. The highest BCUT2D eigenvalue weighted by Crippen LogP contribution is 2.31. The zero-order valence-corrected chi connectivity index (χ0v) is 16.4. The maximum atomic E-state index is 12.6. The third-order valence-electron chi connectivity index (χ3n) is 4.01. The second kappa shape index (κ2) is 9.32. The number of amides is 1. The van der Waals surface area contributed by atoms with Crippen LogP contribution in [0.1, 0.15) is 17.0 Å². The van der Waals surface area contributed by atoms with Gasteiger partial charge in [-0.15, -0.1) is 0 Å². The number of carbonyl (C=O) groups is 1. The maximum Gasteiger partial charge on any atom is 0.471 e. The quantitative estimate of drug-likeness (QED) is 0.596. The minimum atomic E-state index is -4.73. The Bertz CT molecular complexity index is 1040. The zero-order valence-electron chi connectivity index (χ0n) is 16.4. The molecule has 0 radical (unpaired) electrons. The van der Waals surface area contributed by atoms with Crippen molar-refractivity contribution in [2.75, 3.05) is 14.2 Å². The average molecular weight is 438 g/mol. The lowest BCUT2D eigenvalue weighted by Crippen LogP contribution is -2.23. The van der Waals surface area contributed by atoms with Crippen LogP contribution in [0.3, 0.4) is 0 Å². The lowest BCUT2D eigenvalue weighted by atomic mass is 10.1. The Morgan fingerprint density at radius 1 is 1.16 bits per heavy atom. The van der Waals surface area contributed by atoms with Gasteiger partial charge in [0.15, 0.2) is 0 Å². The number of carbonyl (C=O) groups excluding carboxylic acids is 1. The molecule has 0 unspecified atom stereocenters. The highest BCUT2D eigenvalue weighted by atomic mass is 19.4. The van der Waals surface area contributed by atoms with Gasteiger partial charge in [0.25, 0.3) is 0 Å². The van der Waals surface area contributed by atoms with E-state index in [0.29, 0.717) is 22.8 Å². The molecule has 31 heavy (non-hydrogen) atoms. The van der Waals surface area contributed by atoms with Crippen molar-refractivity contribution in [3.8, 4) is 23.0 Å². The third kappa shape index (κ3) is 5.62. The number of alkyl halides is 3. The number of benzene rings is 1. The second-order valence-electron chi connectivity index (χ2n) is 6.09. The summed E-state index contributed by atoms with van der Waals surface area (Å²) in [7, 11) is 2.88. The molecule has 0 saturated heterocycles.